The van der Waals surface area contributed by atoms with E-state index in [0.29, 0.717) is 23.4 Å². The summed E-state index contributed by atoms with van der Waals surface area (Å²) < 4.78 is 0. The Labute approximate surface area is 175 Å². The van der Waals surface area contributed by atoms with Crippen LogP contribution in [0, 0.1) is 11.8 Å². The smallest absolute Gasteiger partial charge is 0.307 e. The number of rotatable bonds is 4. The van der Waals surface area contributed by atoms with Gasteiger partial charge in [-0.15, -0.1) is 11.3 Å². The fraction of sp³-hybridized carbons (Fsp3) is 0.591. The highest BCUT2D eigenvalue weighted by atomic mass is 32.1. The summed E-state index contributed by atoms with van der Waals surface area (Å²) in [5.41, 5.74) is 1.77. The zero-order chi connectivity index (χ0) is 20.4. The van der Waals surface area contributed by atoms with Crippen LogP contribution >= 0.6 is 11.3 Å². The second-order valence-corrected chi connectivity index (χ2v) is 9.36. The van der Waals surface area contributed by atoms with Crippen LogP contribution in [0.4, 0.5) is 5.00 Å². The molecule has 29 heavy (non-hydrogen) atoms. The van der Waals surface area contributed by atoms with E-state index in [4.69, 9.17) is 0 Å². The largest absolute Gasteiger partial charge is 0.481 e. The zero-order valence-electron chi connectivity index (χ0n) is 16.6. The predicted octanol–water partition coefficient (Wildman–Crippen LogP) is 3.86. The van der Waals surface area contributed by atoms with Gasteiger partial charge in [-0.2, -0.15) is 0 Å². The molecule has 1 aromatic rings. The summed E-state index contributed by atoms with van der Waals surface area (Å²) in [7, 11) is 0. The molecule has 3 aliphatic rings. The molecule has 1 aromatic heterocycles. The van der Waals surface area contributed by atoms with Crippen molar-refractivity contribution in [1.29, 1.82) is 0 Å². The number of allylic oxidation sites excluding steroid dienone is 2. The number of nitrogens with zero attached hydrogens (tertiary/aromatic N) is 1. The molecule has 0 spiro atoms. The molecule has 1 fully saturated rings. The Kier molecular flexibility index (Phi) is 6.04. The monoisotopic (exact) mass is 416 g/mol. The molecule has 2 N–H and O–H groups in total. The average Bonchev–Trinajstić information content (AvgIpc) is 3.11. The molecule has 2 amide bonds. The Balaban J connectivity index is 1.62. The maximum Gasteiger partial charge on any atom is 0.307 e. The molecule has 2 atom stereocenters. The third kappa shape index (κ3) is 4.10. The first-order valence-corrected chi connectivity index (χ1v) is 11.5. The molecule has 1 saturated heterocycles. The van der Waals surface area contributed by atoms with Crippen LogP contribution in [0.15, 0.2) is 12.2 Å². The molecule has 2 aliphatic carbocycles. The normalized spacial score (nSPS) is 24.1. The number of amides is 2. The molecule has 0 radical (unpaired) electrons. The highest BCUT2D eigenvalue weighted by Gasteiger charge is 2.36. The SMILES string of the molecule is O=C(Nc1sc2c(c1C(=O)N1CCCCC1)CCCC2)[C@H]1CC=CC[C@H]1C(=O)O. The van der Waals surface area contributed by atoms with E-state index >= 15 is 0 Å². The third-order valence-corrected chi connectivity index (χ3v) is 7.56. The van der Waals surface area contributed by atoms with E-state index in [2.05, 4.69) is 5.32 Å². The van der Waals surface area contributed by atoms with E-state index in [-0.39, 0.29) is 11.8 Å². The van der Waals surface area contributed by atoms with Crippen molar-refractivity contribution in [2.75, 3.05) is 18.4 Å². The predicted molar refractivity (Wildman–Crippen MR) is 112 cm³/mol. The summed E-state index contributed by atoms with van der Waals surface area (Å²) >= 11 is 1.51. The van der Waals surface area contributed by atoms with Crippen molar-refractivity contribution in [3.63, 3.8) is 0 Å². The molecule has 2 heterocycles. The lowest BCUT2D eigenvalue weighted by Gasteiger charge is -2.28. The number of hydrogen-bond acceptors (Lipinski definition) is 4. The number of aryl methyl sites for hydroxylation is 1. The molecule has 4 rings (SSSR count). The standard InChI is InChI=1S/C22H28N2O4S/c25-19(14-8-2-3-9-15(14)22(27)28)23-20-18(16-10-4-5-11-17(16)29-20)21(26)24-12-6-1-7-13-24/h2-3,14-15H,1,4-13H2,(H,23,25)(H,27,28)/t14-,15+/m0/s1. The summed E-state index contributed by atoms with van der Waals surface area (Å²) in [5.74, 6) is -2.51. The number of carbonyl (C=O) groups excluding carboxylic acids is 2. The fourth-order valence-corrected chi connectivity index (χ4v) is 6.00. The lowest BCUT2D eigenvalue weighted by Crippen LogP contribution is -2.37. The van der Waals surface area contributed by atoms with Gasteiger partial charge in [-0.05, 0) is 63.4 Å². The van der Waals surface area contributed by atoms with Gasteiger partial charge in [0.25, 0.3) is 5.91 Å². The van der Waals surface area contributed by atoms with Gasteiger partial charge in [-0.1, -0.05) is 12.2 Å². The minimum Gasteiger partial charge on any atom is -0.481 e. The number of thiophene rings is 1. The molecule has 0 aromatic carbocycles. The number of carboxylic acid groups (broad SMARTS) is 1. The maximum atomic E-state index is 13.4. The van der Waals surface area contributed by atoms with Crippen LogP contribution in [0.25, 0.3) is 0 Å². The van der Waals surface area contributed by atoms with Crippen molar-refractivity contribution in [1.82, 2.24) is 4.90 Å². The molecule has 156 valence electrons. The lowest BCUT2D eigenvalue weighted by atomic mass is 9.82. The first-order chi connectivity index (χ1) is 14.1. The Bertz CT molecular complexity index is 838. The molecule has 0 bridgehead atoms. The van der Waals surface area contributed by atoms with Crippen LogP contribution < -0.4 is 5.32 Å². The van der Waals surface area contributed by atoms with Gasteiger partial charge in [0.15, 0.2) is 0 Å². The van der Waals surface area contributed by atoms with Crippen molar-refractivity contribution < 1.29 is 19.5 Å². The summed E-state index contributed by atoms with van der Waals surface area (Å²) in [6, 6.07) is 0. The molecule has 0 unspecified atom stereocenters. The summed E-state index contributed by atoms with van der Waals surface area (Å²) in [6.45, 7) is 1.54. The highest BCUT2D eigenvalue weighted by Crippen LogP contribution is 2.40. The van der Waals surface area contributed by atoms with Crippen LogP contribution in [0.1, 0.15) is 65.7 Å². The second kappa shape index (κ2) is 8.69. The zero-order valence-corrected chi connectivity index (χ0v) is 17.4. The lowest BCUT2D eigenvalue weighted by molar-refractivity contribution is -0.146. The first-order valence-electron chi connectivity index (χ1n) is 10.7. The van der Waals surface area contributed by atoms with Gasteiger partial charge in [0.05, 0.1) is 17.4 Å². The van der Waals surface area contributed by atoms with Crippen molar-refractivity contribution >= 4 is 34.1 Å². The first kappa shape index (κ1) is 20.1. The van der Waals surface area contributed by atoms with Gasteiger partial charge in [-0.3, -0.25) is 14.4 Å². The minimum atomic E-state index is -0.940. The summed E-state index contributed by atoms with van der Waals surface area (Å²) in [5, 5.41) is 13.1. The van der Waals surface area contributed by atoms with Crippen LogP contribution in [0.5, 0.6) is 0 Å². The van der Waals surface area contributed by atoms with Gasteiger partial charge in [-0.25, -0.2) is 0 Å². The molecule has 7 heteroatoms. The number of piperidine rings is 1. The fourth-order valence-electron chi connectivity index (χ4n) is 4.72. The number of aliphatic carboxylic acids is 1. The van der Waals surface area contributed by atoms with E-state index < -0.39 is 17.8 Å². The number of hydrogen-bond donors (Lipinski definition) is 2. The Morgan fingerprint density at radius 2 is 1.66 bits per heavy atom. The highest BCUT2D eigenvalue weighted by molar-refractivity contribution is 7.17. The van der Waals surface area contributed by atoms with Crippen molar-refractivity contribution in [3.8, 4) is 0 Å². The third-order valence-electron chi connectivity index (χ3n) is 6.35. The topological polar surface area (TPSA) is 86.7 Å². The van der Waals surface area contributed by atoms with Crippen LogP contribution in [-0.2, 0) is 22.4 Å². The molecular weight excluding hydrogens is 388 g/mol. The number of nitrogens with one attached hydrogen (secondary N) is 1. The summed E-state index contributed by atoms with van der Waals surface area (Å²) in [4.78, 5) is 41.1. The van der Waals surface area contributed by atoms with Gasteiger partial charge >= 0.3 is 5.97 Å². The van der Waals surface area contributed by atoms with Crippen molar-refractivity contribution in [3.05, 3.63) is 28.2 Å². The molecular formula is C22H28N2O4S. The van der Waals surface area contributed by atoms with Gasteiger partial charge in [0, 0.05) is 18.0 Å². The van der Waals surface area contributed by atoms with Crippen LogP contribution in [0.2, 0.25) is 0 Å². The number of fused-ring (bicyclic) bond motifs is 1. The van der Waals surface area contributed by atoms with Crippen molar-refractivity contribution in [2.24, 2.45) is 11.8 Å². The van der Waals surface area contributed by atoms with E-state index in [9.17, 15) is 19.5 Å². The molecule has 1 aliphatic heterocycles. The van der Waals surface area contributed by atoms with E-state index in [1.807, 2.05) is 17.1 Å². The van der Waals surface area contributed by atoms with Gasteiger partial charge in [0.1, 0.15) is 5.00 Å². The quantitative estimate of drug-likeness (QED) is 0.730. The molecule has 0 saturated carbocycles. The number of anilines is 1. The van der Waals surface area contributed by atoms with E-state index in [0.717, 1.165) is 63.6 Å². The van der Waals surface area contributed by atoms with E-state index in [1.165, 1.54) is 16.2 Å². The summed E-state index contributed by atoms with van der Waals surface area (Å²) in [6.07, 6.45) is 11.7. The number of likely N-dealkylation sites (tertiary alicyclic amines) is 1. The minimum absolute atomic E-state index is 0.0257. The maximum absolute atomic E-state index is 13.4. The van der Waals surface area contributed by atoms with E-state index in [1.54, 1.807) is 0 Å². The Morgan fingerprint density at radius 1 is 0.966 bits per heavy atom. The van der Waals surface area contributed by atoms with Gasteiger partial charge in [0.2, 0.25) is 5.91 Å². The van der Waals surface area contributed by atoms with Crippen LogP contribution in [-0.4, -0.2) is 40.9 Å². The number of carbonyl (C=O) groups is 3. The Morgan fingerprint density at radius 3 is 2.38 bits per heavy atom. The average molecular weight is 417 g/mol. The van der Waals surface area contributed by atoms with Crippen LogP contribution in [0.3, 0.4) is 0 Å². The molecule has 6 nitrogen and oxygen atoms in total. The van der Waals surface area contributed by atoms with Gasteiger partial charge < -0.3 is 15.3 Å². The Hall–Kier alpha value is -2.15. The van der Waals surface area contributed by atoms with Crippen molar-refractivity contribution in [2.45, 2.75) is 57.8 Å². The second-order valence-electron chi connectivity index (χ2n) is 8.25. The number of carboxylic acids is 1.